The van der Waals surface area contributed by atoms with Gasteiger partial charge in [-0.3, -0.25) is 0 Å². The maximum absolute atomic E-state index is 7.90. The van der Waals surface area contributed by atoms with E-state index < -0.39 is 118 Å². The zero-order valence-electron chi connectivity index (χ0n) is 98.4. The first-order valence-corrected chi connectivity index (χ1v) is 98.9. The van der Waals surface area contributed by atoms with Crippen LogP contribution < -0.4 is 10.4 Å². The van der Waals surface area contributed by atoms with Crippen molar-refractivity contribution in [1.82, 2.24) is 0 Å². The third-order valence-corrected chi connectivity index (χ3v) is 105. The Morgan fingerprint density at radius 2 is 0.482 bits per heavy atom. The summed E-state index contributed by atoms with van der Waals surface area (Å²) in [5.74, 6) is 28.1. The molecule has 0 saturated heterocycles. The number of hydrogen-bond donors (Lipinski definition) is 0. The maximum Gasteiger partial charge on any atom is 0.388 e. The minimum atomic E-state index is -3.11. The Morgan fingerprint density at radius 1 is 0.248 bits per heavy atom. The summed E-state index contributed by atoms with van der Waals surface area (Å²) in [6.07, 6.45) is 30.3. The number of allylic oxidation sites excluding steroid dienone is 4. The second-order valence-corrected chi connectivity index (χ2v) is 115. The van der Waals surface area contributed by atoms with Gasteiger partial charge in [-0.15, -0.1) is 6.58 Å². The van der Waals surface area contributed by atoms with Crippen LogP contribution in [0.15, 0.2) is 96.2 Å². The quantitative estimate of drug-likeness (QED) is 0.0481. The topological polar surface area (TPSA) is 92.3 Å². The standard InChI is InChI=1S/C36H58O3Si4.C30H56O2Si3.C27H54O3Si4.C24H48O2Si3/c1-25-27(3)33-21-29(25)23-35(33)40(5,6)37-42(9,10)39-43(31-17-13-11-14-18-31,32-19-15-12-16-20-32)38-41(7,8)36-24-30-22-34(36)28(4)26(30)2;1-21-23(3)29-19-27(21)17-25(29)13-11-15-33(5,6)31-35(9,10)32-34(7,8)16-12-14-26-18-28-20-30(26)24(4)22(28)2;1-13-34(12,29-32(8,9)27-17-23-15-25(27)21(5)19(23)3)30-33(10,11)28-31(6,7)26-16-22-14-24(26)20(4)18(22)2;1-15-17(3)21-11-19(15)13-23(21)27(5,6)25-29(9,10)26-28(7,8)24-14-20-12-22(24)18(4)16(20)2/h11-20,25-30,33-36H,21-24H2,1-10H3;17-18,21-24,27-30H,11-16,19-20H2,1-10H3;13,18-27H,1,14-17H2,2-12H3;15-24H,11-14H2,1-10H3/t25-,26+,27+,28-,29?,30?,33?,34?,35?,36?;21-,22+,23+,24-,27?,28?,29?,30?;18-,19+,20+,21-,22?,23?,24?,25?,26?,27?,34?;15-,16+,17+,18-,19?,20?,21?,22?,23?,24?/m1.1./s1. The van der Waals surface area contributed by atoms with Crippen molar-refractivity contribution in [2.24, 2.45) is 189 Å². The van der Waals surface area contributed by atoms with Gasteiger partial charge >= 0.3 is 51.4 Å². The molecule has 16 bridgehead atoms. The molecule has 0 aromatic heterocycles. The van der Waals surface area contributed by atoms with Gasteiger partial charge in [-0.2, -0.15) is 0 Å². The Bertz CT molecular complexity index is 4460. The summed E-state index contributed by atoms with van der Waals surface area (Å²) in [4.78, 5) is 0. The van der Waals surface area contributed by atoms with Crippen LogP contribution in [0.25, 0.3) is 0 Å². The third-order valence-electron chi connectivity index (χ3n) is 45.8. The van der Waals surface area contributed by atoms with E-state index in [-0.39, 0.29) is 0 Å². The van der Waals surface area contributed by atoms with Crippen molar-refractivity contribution in [1.29, 1.82) is 0 Å². The molecule has 2 aromatic rings. The Kier molecular flexibility index (Phi) is 34.7. The molecule has 23 unspecified atom stereocenters. The fourth-order valence-electron chi connectivity index (χ4n) is 37.7. The van der Waals surface area contributed by atoms with Gasteiger partial charge in [0, 0.05) is 0 Å². The summed E-state index contributed by atoms with van der Waals surface area (Å²) in [5, 5.41) is 2.47. The van der Waals surface area contributed by atoms with Crippen LogP contribution in [0, 0.1) is 189 Å². The monoisotopic (exact) mass is 2170 g/mol. The van der Waals surface area contributed by atoms with E-state index in [0.717, 1.165) is 217 Å². The predicted molar refractivity (Wildman–Crippen MR) is 634 cm³/mol. The molecule has 18 rings (SSSR count). The molecule has 0 heterocycles. The normalized spacial score (nSPS) is 40.5. The highest BCUT2D eigenvalue weighted by Gasteiger charge is 2.66. The van der Waals surface area contributed by atoms with Crippen LogP contribution in [0.1, 0.15) is 226 Å². The highest BCUT2D eigenvalue weighted by molar-refractivity contribution is 7.03. The maximum atomic E-state index is 7.90. The van der Waals surface area contributed by atoms with Crippen LogP contribution in [-0.2, 0) is 41.2 Å². The minimum absolute atomic E-state index is 0.681. The first kappa shape index (κ1) is 115. The third kappa shape index (κ3) is 24.2. The summed E-state index contributed by atoms with van der Waals surface area (Å²) in [6, 6.07) is 24.6. The Labute approximate surface area is 883 Å². The van der Waals surface area contributed by atoms with Crippen LogP contribution in [0.2, 0.25) is 209 Å². The van der Waals surface area contributed by atoms with Crippen molar-refractivity contribution in [2.45, 2.75) is 435 Å². The number of fused-ring (bicyclic) bond motifs is 16. The lowest BCUT2D eigenvalue weighted by Gasteiger charge is -2.49. The van der Waals surface area contributed by atoms with Gasteiger partial charge in [0.1, 0.15) is 0 Å². The van der Waals surface area contributed by atoms with Gasteiger partial charge in [-0.1, -0.05) is 200 Å². The predicted octanol–water partition coefficient (Wildman–Crippen LogP) is 34.0. The fourth-order valence-corrected chi connectivity index (χ4v) is 110. The van der Waals surface area contributed by atoms with Crippen LogP contribution in [0.5, 0.6) is 0 Å². The molecule has 0 radical (unpaired) electrons. The Balaban J connectivity index is 0.000000143. The van der Waals surface area contributed by atoms with E-state index in [1.165, 1.54) is 138 Å². The van der Waals surface area contributed by atoms with Gasteiger partial charge in [0.15, 0.2) is 66.5 Å². The highest BCUT2D eigenvalue weighted by atomic mass is 28.5. The van der Waals surface area contributed by atoms with Crippen molar-refractivity contribution in [3.05, 3.63) is 96.2 Å². The zero-order chi connectivity index (χ0) is 104. The summed E-state index contributed by atoms with van der Waals surface area (Å²) < 4.78 is 72.6. The highest BCUT2D eigenvalue weighted by Crippen LogP contribution is 2.68. The second kappa shape index (κ2) is 42.4. The SMILES string of the molecule is C=C[Si](C)(O[Si](C)(C)O[Si](C)(C)C1CC2CC1[C@@H](C)[C@H]2C)O[Si](C)(C)C1CC2CC1[C@H](C)[C@@H]2C.C[C@@H]1C2CC(C=C2CCC[Si](C)(C)O[Si](C)(C)O[Si](C)(C)CCCC2=CC3CC2[C@H](C)[C@@H]3C)[C@@H]1C.C[C@@H]1C2CC(CC2[Si](C)(C)O[Si](C)(C)O[Si](C)(C)C2CC3CC2[C@H](C)[C@@H]3C)[C@@H]1C.C[C@@H]1C2CC(CC2[Si](C)(C)O[Si](C)(C)O[Si](O[Si](C)(C)C2CC3CC2[C@H](C)[C@@H]3C)(c2ccccc2)c2ccccc2)[C@@H]1C. The van der Waals surface area contributed by atoms with Crippen LogP contribution in [0.4, 0.5) is 0 Å². The molecule has 2 aromatic carbocycles. The summed E-state index contributed by atoms with van der Waals surface area (Å²) in [6.45, 7) is 105. The molecule has 16 aliphatic rings. The Hall–Kier alpha value is 0.296. The first-order valence-electron chi connectivity index (χ1n) is 59.2. The van der Waals surface area contributed by atoms with Crippen molar-refractivity contribution >= 4 is 128 Å². The summed E-state index contributed by atoms with van der Waals surface area (Å²) >= 11 is 0. The van der Waals surface area contributed by atoms with Gasteiger partial charge < -0.3 is 41.2 Å². The molecule has 16 aliphatic carbocycles. The lowest BCUT2D eigenvalue weighted by Crippen LogP contribution is -2.72. The number of hydrogen-bond acceptors (Lipinski definition) is 10. The van der Waals surface area contributed by atoms with Crippen molar-refractivity contribution in [2.75, 3.05) is 0 Å². The van der Waals surface area contributed by atoms with Gasteiger partial charge in [0.2, 0.25) is 0 Å². The van der Waals surface area contributed by atoms with Gasteiger partial charge in [-0.25, -0.2) is 0 Å². The smallest absolute Gasteiger partial charge is 0.388 e. The molecule has 0 aliphatic heterocycles. The van der Waals surface area contributed by atoms with E-state index in [4.69, 9.17) is 41.2 Å². The average molecular weight is 2180 g/mol. The molecule has 10 nitrogen and oxygen atoms in total. The van der Waals surface area contributed by atoms with Crippen molar-refractivity contribution in [3.63, 3.8) is 0 Å². The van der Waals surface area contributed by atoms with Crippen LogP contribution in [-0.4, -0.2) is 118 Å². The molecule has 0 amide bonds. The summed E-state index contributed by atoms with van der Waals surface area (Å²) in [5.41, 5.74) is 10.3. The van der Waals surface area contributed by atoms with E-state index in [9.17, 15) is 0 Å². The first-order chi connectivity index (χ1) is 65.1. The molecule has 24 heteroatoms. The molecule has 14 fully saturated rings. The van der Waals surface area contributed by atoms with E-state index in [1.807, 2.05) is 0 Å². The number of benzene rings is 2. The second-order valence-electron chi connectivity index (χ2n) is 59.3. The molecule has 800 valence electrons. The molecule has 39 atom stereocenters. The van der Waals surface area contributed by atoms with E-state index in [2.05, 4.69) is 360 Å². The molecule has 14 saturated carbocycles. The fraction of sp³-hybridized carbons (Fsp3) is 0.846. The molecular weight excluding hydrogens is 1960 g/mol. The molecule has 0 spiro atoms. The molecule has 0 N–H and O–H groups in total. The van der Waals surface area contributed by atoms with Gasteiger partial charge in [0.05, 0.1) is 0 Å². The average Bonchev–Trinajstić information content (AvgIpc) is 1.64. The van der Waals surface area contributed by atoms with Crippen LogP contribution >= 0.6 is 0 Å². The van der Waals surface area contributed by atoms with Crippen molar-refractivity contribution < 1.29 is 41.2 Å². The summed E-state index contributed by atoms with van der Waals surface area (Å²) in [7, 11) is -29.8. The lowest BCUT2D eigenvalue weighted by molar-refractivity contribution is 0.237. The van der Waals surface area contributed by atoms with Crippen molar-refractivity contribution in [3.8, 4) is 0 Å². The van der Waals surface area contributed by atoms with Gasteiger partial charge in [-0.05, 0) is 524 Å². The van der Waals surface area contributed by atoms with E-state index in [1.54, 1.807) is 11.1 Å². The lowest BCUT2D eigenvalue weighted by atomic mass is 9.80. The number of rotatable bonds is 37. The minimum Gasteiger partial charge on any atom is -0.437 e. The molecular formula is C117H216O10Si14. The molecule has 141 heavy (non-hydrogen) atoms. The van der Waals surface area contributed by atoms with Gasteiger partial charge in [0.25, 0.3) is 0 Å². The Morgan fingerprint density at radius 3 is 0.716 bits per heavy atom. The largest absolute Gasteiger partial charge is 0.437 e. The zero-order valence-corrected chi connectivity index (χ0v) is 112. The van der Waals surface area contributed by atoms with Crippen LogP contribution in [0.3, 0.4) is 0 Å². The van der Waals surface area contributed by atoms with E-state index >= 15 is 0 Å². The van der Waals surface area contributed by atoms with E-state index in [0.29, 0.717) is 5.54 Å².